The van der Waals surface area contributed by atoms with E-state index in [0.717, 1.165) is 26.2 Å². The Kier molecular flexibility index (Phi) is 4.63. The maximum atomic E-state index is 9.92. The topological polar surface area (TPSA) is 26.7 Å². The molecule has 1 aliphatic heterocycles. The molecule has 0 amide bonds. The second-order valence-electron chi connectivity index (χ2n) is 7.02. The Bertz CT molecular complexity index is 442. The van der Waals surface area contributed by atoms with Gasteiger partial charge in [0.2, 0.25) is 0 Å². The minimum Gasteiger partial charge on any atom is -0.396 e. The van der Waals surface area contributed by atoms with Gasteiger partial charge in [-0.05, 0) is 25.5 Å². The maximum Gasteiger partial charge on any atom is 0.0499 e. The van der Waals surface area contributed by atoms with E-state index in [2.05, 4.69) is 47.2 Å². The van der Waals surface area contributed by atoms with Gasteiger partial charge in [-0.25, -0.2) is 0 Å². The van der Waals surface area contributed by atoms with Crippen molar-refractivity contribution < 1.29 is 5.11 Å². The minimum absolute atomic E-state index is 0.156. The first-order chi connectivity index (χ1) is 10.2. The predicted octanol–water partition coefficient (Wildman–Crippen LogP) is 2.53. The first kappa shape index (κ1) is 15.0. The van der Waals surface area contributed by atoms with Crippen molar-refractivity contribution in [3.05, 3.63) is 35.9 Å². The second kappa shape index (κ2) is 6.47. The van der Waals surface area contributed by atoms with Crippen molar-refractivity contribution in [2.45, 2.75) is 31.7 Å². The molecular formula is C18H28N2O. The number of likely N-dealkylation sites (N-methyl/N-ethyl adjacent to an activating group) is 1. The highest BCUT2D eigenvalue weighted by Gasteiger charge is 2.38. The molecule has 1 saturated heterocycles. The molecule has 3 rings (SSSR count). The van der Waals surface area contributed by atoms with E-state index in [-0.39, 0.29) is 5.41 Å². The van der Waals surface area contributed by atoms with Crippen LogP contribution >= 0.6 is 0 Å². The van der Waals surface area contributed by atoms with E-state index in [1.54, 1.807) is 0 Å². The Morgan fingerprint density at radius 3 is 2.52 bits per heavy atom. The fourth-order valence-electron chi connectivity index (χ4n) is 4.06. The summed E-state index contributed by atoms with van der Waals surface area (Å²) in [6.45, 7) is 4.73. The molecule has 1 heterocycles. The third-order valence-electron chi connectivity index (χ3n) is 5.42. The molecule has 21 heavy (non-hydrogen) atoms. The fraction of sp³-hybridized carbons (Fsp3) is 0.667. The Hall–Kier alpha value is -0.900. The summed E-state index contributed by atoms with van der Waals surface area (Å²) < 4.78 is 0. The lowest BCUT2D eigenvalue weighted by Crippen LogP contribution is -2.50. The normalized spacial score (nSPS) is 27.0. The van der Waals surface area contributed by atoms with E-state index < -0.39 is 0 Å². The zero-order valence-corrected chi connectivity index (χ0v) is 13.2. The first-order valence-corrected chi connectivity index (χ1v) is 8.31. The van der Waals surface area contributed by atoms with Crippen molar-refractivity contribution in [3.63, 3.8) is 0 Å². The number of aliphatic hydroxyl groups excluding tert-OH is 1. The number of hydrogen-bond acceptors (Lipinski definition) is 3. The number of nitrogens with zero attached hydrogens (tertiary/aromatic N) is 2. The van der Waals surface area contributed by atoms with Crippen molar-refractivity contribution in [1.82, 2.24) is 9.80 Å². The molecule has 0 aromatic heterocycles. The Morgan fingerprint density at radius 1 is 1.14 bits per heavy atom. The Balaban J connectivity index is 1.78. The summed E-state index contributed by atoms with van der Waals surface area (Å²) in [5.41, 5.74) is 1.57. The summed E-state index contributed by atoms with van der Waals surface area (Å²) in [4.78, 5) is 5.05. The second-order valence-corrected chi connectivity index (χ2v) is 7.02. The van der Waals surface area contributed by atoms with Crippen molar-refractivity contribution in [2.24, 2.45) is 5.41 Å². The molecule has 116 valence electrons. The van der Waals surface area contributed by atoms with Crippen LogP contribution in [0.1, 0.15) is 37.3 Å². The number of rotatable bonds is 4. The van der Waals surface area contributed by atoms with Gasteiger partial charge in [-0.2, -0.15) is 0 Å². The van der Waals surface area contributed by atoms with Gasteiger partial charge in [0, 0.05) is 44.2 Å². The summed E-state index contributed by atoms with van der Waals surface area (Å²) in [6.07, 6.45) is 4.95. The van der Waals surface area contributed by atoms with Crippen molar-refractivity contribution in [2.75, 3.05) is 39.8 Å². The van der Waals surface area contributed by atoms with E-state index >= 15 is 0 Å². The van der Waals surface area contributed by atoms with Crippen molar-refractivity contribution >= 4 is 0 Å². The van der Waals surface area contributed by atoms with Crippen LogP contribution in [0.2, 0.25) is 0 Å². The minimum atomic E-state index is 0.156. The lowest BCUT2D eigenvalue weighted by Gasteiger charge is -2.44. The van der Waals surface area contributed by atoms with Crippen molar-refractivity contribution in [1.29, 1.82) is 0 Å². The summed E-state index contributed by atoms with van der Waals surface area (Å²) in [5, 5.41) is 9.92. The highest BCUT2D eigenvalue weighted by Crippen LogP contribution is 2.40. The average Bonchev–Trinajstić information content (AvgIpc) is 2.99. The van der Waals surface area contributed by atoms with Gasteiger partial charge in [0.25, 0.3) is 0 Å². The van der Waals surface area contributed by atoms with E-state index in [1.807, 2.05) is 0 Å². The SMILES string of the molecule is CN1CCN(CC2(CO)CCCC2)C(c2ccccc2)C1. The molecule has 2 aliphatic rings. The fourth-order valence-corrected chi connectivity index (χ4v) is 4.06. The molecule has 3 nitrogen and oxygen atoms in total. The van der Waals surface area contributed by atoms with Gasteiger partial charge in [0.05, 0.1) is 0 Å². The van der Waals surface area contributed by atoms with Gasteiger partial charge in [-0.1, -0.05) is 43.2 Å². The summed E-state index contributed by atoms with van der Waals surface area (Å²) >= 11 is 0. The molecule has 2 fully saturated rings. The lowest BCUT2D eigenvalue weighted by atomic mass is 9.85. The third-order valence-corrected chi connectivity index (χ3v) is 5.42. The average molecular weight is 288 g/mol. The third kappa shape index (κ3) is 3.31. The molecule has 3 heteroatoms. The van der Waals surface area contributed by atoms with Crippen LogP contribution in [0.15, 0.2) is 30.3 Å². The Morgan fingerprint density at radius 2 is 1.86 bits per heavy atom. The van der Waals surface area contributed by atoms with Gasteiger partial charge in [0.15, 0.2) is 0 Å². The number of aliphatic hydroxyl groups is 1. The lowest BCUT2D eigenvalue weighted by molar-refractivity contribution is 0.0214. The standard InChI is InChI=1S/C18H28N2O/c1-19-11-12-20(14-18(15-21)9-5-6-10-18)17(13-19)16-7-3-2-4-8-16/h2-4,7-8,17,21H,5-6,9-15H2,1H3. The van der Waals surface area contributed by atoms with E-state index in [0.29, 0.717) is 12.6 Å². The first-order valence-electron chi connectivity index (χ1n) is 8.31. The molecule has 1 aromatic carbocycles. The zero-order chi connectivity index (χ0) is 14.7. The molecule has 1 N–H and O–H groups in total. The quantitative estimate of drug-likeness (QED) is 0.922. The van der Waals surface area contributed by atoms with E-state index in [9.17, 15) is 5.11 Å². The van der Waals surface area contributed by atoms with Crippen LogP contribution in [-0.2, 0) is 0 Å². The largest absolute Gasteiger partial charge is 0.396 e. The molecule has 1 atom stereocenters. The van der Waals surface area contributed by atoms with Crippen LogP contribution in [0.5, 0.6) is 0 Å². The Labute approximate surface area is 128 Å². The predicted molar refractivity (Wildman–Crippen MR) is 86.2 cm³/mol. The van der Waals surface area contributed by atoms with Crippen LogP contribution in [-0.4, -0.2) is 54.7 Å². The molecule has 0 radical (unpaired) electrons. The molecule has 1 saturated carbocycles. The summed E-state index contributed by atoms with van der Waals surface area (Å²) in [6, 6.07) is 11.3. The van der Waals surface area contributed by atoms with Crippen LogP contribution in [0.4, 0.5) is 0 Å². The van der Waals surface area contributed by atoms with Gasteiger partial charge < -0.3 is 10.0 Å². The van der Waals surface area contributed by atoms with Crippen LogP contribution in [0.3, 0.4) is 0 Å². The maximum absolute atomic E-state index is 9.92. The number of piperazine rings is 1. The van der Waals surface area contributed by atoms with Gasteiger partial charge >= 0.3 is 0 Å². The molecule has 1 aromatic rings. The van der Waals surface area contributed by atoms with Crippen LogP contribution in [0.25, 0.3) is 0 Å². The van der Waals surface area contributed by atoms with Crippen molar-refractivity contribution in [3.8, 4) is 0 Å². The monoisotopic (exact) mass is 288 g/mol. The van der Waals surface area contributed by atoms with Gasteiger partial charge in [0.1, 0.15) is 0 Å². The summed E-state index contributed by atoms with van der Waals surface area (Å²) in [5.74, 6) is 0. The molecule has 0 bridgehead atoms. The number of benzene rings is 1. The number of hydrogen-bond donors (Lipinski definition) is 1. The van der Waals surface area contributed by atoms with Crippen LogP contribution in [0, 0.1) is 5.41 Å². The molecular weight excluding hydrogens is 260 g/mol. The zero-order valence-electron chi connectivity index (χ0n) is 13.2. The van der Waals surface area contributed by atoms with Gasteiger partial charge in [-0.15, -0.1) is 0 Å². The smallest absolute Gasteiger partial charge is 0.0499 e. The molecule has 0 spiro atoms. The van der Waals surface area contributed by atoms with Crippen LogP contribution < -0.4 is 0 Å². The van der Waals surface area contributed by atoms with Gasteiger partial charge in [-0.3, -0.25) is 4.90 Å². The van der Waals surface area contributed by atoms with E-state index in [4.69, 9.17) is 0 Å². The highest BCUT2D eigenvalue weighted by molar-refractivity contribution is 5.20. The molecule has 1 unspecified atom stereocenters. The highest BCUT2D eigenvalue weighted by atomic mass is 16.3. The van der Waals surface area contributed by atoms with E-state index in [1.165, 1.54) is 31.2 Å². The molecule has 1 aliphatic carbocycles. The summed E-state index contributed by atoms with van der Waals surface area (Å²) in [7, 11) is 2.21.